The molecule has 4 nitrogen and oxygen atoms in total. The second-order valence-electron chi connectivity index (χ2n) is 4.17. The number of aromatic carboxylic acids is 1. The summed E-state index contributed by atoms with van der Waals surface area (Å²) < 4.78 is 3.92. The first kappa shape index (κ1) is 11.5. The van der Waals surface area contributed by atoms with Gasteiger partial charge in [-0.15, -0.1) is 0 Å². The van der Waals surface area contributed by atoms with Crippen LogP contribution in [0.5, 0.6) is 0 Å². The van der Waals surface area contributed by atoms with Crippen LogP contribution in [0.4, 0.5) is 0 Å². The van der Waals surface area contributed by atoms with Crippen molar-refractivity contribution in [1.29, 1.82) is 0 Å². The second kappa shape index (κ2) is 5.41. The summed E-state index contributed by atoms with van der Waals surface area (Å²) in [7, 11) is 0. The minimum Gasteiger partial charge on any atom is -0.476 e. The molecule has 1 aliphatic rings. The topological polar surface area (TPSA) is 53.4 Å². The summed E-state index contributed by atoms with van der Waals surface area (Å²) in [5.41, 5.74) is 0.176. The van der Waals surface area contributed by atoms with E-state index in [0.29, 0.717) is 0 Å². The summed E-state index contributed by atoms with van der Waals surface area (Å²) in [6.45, 7) is 3.10. The maximum Gasteiger partial charge on any atom is 0.355 e. The number of carbonyl (C=O) groups is 1. The lowest BCUT2D eigenvalue weighted by atomic mass is 10.2. The van der Waals surface area contributed by atoms with E-state index in [0.717, 1.165) is 24.5 Å². The summed E-state index contributed by atoms with van der Waals surface area (Å²) in [4.78, 5) is 14.1. The zero-order chi connectivity index (χ0) is 11.4. The maximum atomic E-state index is 10.7. The number of hydrogen-bond donors (Lipinski definition) is 1. The number of likely N-dealkylation sites (tertiary alicyclic amines) is 1. The molecule has 0 aliphatic carbocycles. The Labute approximate surface area is 99.1 Å². The van der Waals surface area contributed by atoms with Gasteiger partial charge in [0.1, 0.15) is 0 Å². The molecule has 2 rings (SSSR count). The molecular formula is C11H16N2O2S. The van der Waals surface area contributed by atoms with E-state index in [4.69, 9.17) is 5.11 Å². The van der Waals surface area contributed by atoms with Crippen molar-refractivity contribution < 1.29 is 9.90 Å². The van der Waals surface area contributed by atoms with Gasteiger partial charge in [-0.25, -0.2) is 4.79 Å². The highest BCUT2D eigenvalue weighted by atomic mass is 32.1. The van der Waals surface area contributed by atoms with E-state index >= 15 is 0 Å². The molecule has 5 heteroatoms. The molecule has 1 saturated heterocycles. The molecule has 0 atom stereocenters. The molecule has 1 fully saturated rings. The molecule has 2 heterocycles. The number of rotatable bonds is 3. The Bertz CT molecular complexity index is 357. The van der Waals surface area contributed by atoms with Crippen LogP contribution in [0.1, 0.15) is 41.0 Å². The fourth-order valence-electron chi connectivity index (χ4n) is 2.00. The molecule has 0 aromatic carbocycles. The van der Waals surface area contributed by atoms with Crippen LogP contribution in [-0.4, -0.2) is 33.4 Å². The summed E-state index contributed by atoms with van der Waals surface area (Å²) >= 11 is 1.31. The molecule has 16 heavy (non-hydrogen) atoms. The molecule has 0 bridgehead atoms. The first-order chi connectivity index (χ1) is 7.75. The third-order valence-corrected chi connectivity index (χ3v) is 3.63. The van der Waals surface area contributed by atoms with Gasteiger partial charge in [-0.1, -0.05) is 12.8 Å². The van der Waals surface area contributed by atoms with Crippen LogP contribution in [0.25, 0.3) is 0 Å². The third kappa shape index (κ3) is 3.02. The van der Waals surface area contributed by atoms with Crippen LogP contribution < -0.4 is 0 Å². The molecule has 0 radical (unpaired) electrons. The monoisotopic (exact) mass is 240 g/mol. The first-order valence-electron chi connectivity index (χ1n) is 5.67. The van der Waals surface area contributed by atoms with Crippen LogP contribution in [0.2, 0.25) is 0 Å². The van der Waals surface area contributed by atoms with Crippen LogP contribution >= 0.6 is 11.5 Å². The molecular weight excluding hydrogens is 224 g/mol. The average Bonchev–Trinajstić information content (AvgIpc) is 2.56. The van der Waals surface area contributed by atoms with Gasteiger partial charge in [0.25, 0.3) is 0 Å². The zero-order valence-corrected chi connectivity index (χ0v) is 10.0. The smallest absolute Gasteiger partial charge is 0.355 e. The van der Waals surface area contributed by atoms with Crippen molar-refractivity contribution in [2.45, 2.75) is 32.2 Å². The van der Waals surface area contributed by atoms with Crippen molar-refractivity contribution in [3.8, 4) is 0 Å². The van der Waals surface area contributed by atoms with Crippen molar-refractivity contribution in [3.63, 3.8) is 0 Å². The van der Waals surface area contributed by atoms with Gasteiger partial charge in [0, 0.05) is 11.4 Å². The van der Waals surface area contributed by atoms with Gasteiger partial charge in [0.2, 0.25) is 0 Å². The molecule has 1 aliphatic heterocycles. The number of carboxylic acid groups (broad SMARTS) is 1. The standard InChI is InChI=1S/C11H16N2O2S/c14-11(15)10-7-9(16-12-10)8-13-5-3-1-2-4-6-13/h7H,1-6,8H2,(H,14,15). The Kier molecular flexibility index (Phi) is 3.90. The third-order valence-electron chi connectivity index (χ3n) is 2.86. The SMILES string of the molecule is O=C(O)c1cc(CN2CCCCCC2)sn1. The van der Waals surface area contributed by atoms with Gasteiger partial charge in [-0.2, -0.15) is 4.37 Å². The van der Waals surface area contributed by atoms with Gasteiger partial charge in [-0.3, -0.25) is 4.90 Å². The van der Waals surface area contributed by atoms with Crippen molar-refractivity contribution in [3.05, 3.63) is 16.6 Å². The summed E-state index contributed by atoms with van der Waals surface area (Å²) in [5.74, 6) is -0.932. The first-order valence-corrected chi connectivity index (χ1v) is 6.44. The average molecular weight is 240 g/mol. The summed E-state index contributed by atoms with van der Waals surface area (Å²) in [6, 6.07) is 1.69. The van der Waals surface area contributed by atoms with Crippen molar-refractivity contribution in [2.75, 3.05) is 13.1 Å². The number of nitrogens with zero attached hydrogens (tertiary/aromatic N) is 2. The Balaban J connectivity index is 1.94. The van der Waals surface area contributed by atoms with Gasteiger partial charge in [-0.05, 0) is 43.5 Å². The number of hydrogen-bond acceptors (Lipinski definition) is 4. The van der Waals surface area contributed by atoms with Crippen LogP contribution in [0.15, 0.2) is 6.07 Å². The highest BCUT2D eigenvalue weighted by Gasteiger charge is 2.13. The minimum absolute atomic E-state index is 0.176. The molecule has 88 valence electrons. The van der Waals surface area contributed by atoms with Gasteiger partial charge < -0.3 is 5.11 Å². The van der Waals surface area contributed by atoms with Crippen LogP contribution in [0.3, 0.4) is 0 Å². The second-order valence-corrected chi connectivity index (χ2v) is 5.06. The highest BCUT2D eigenvalue weighted by molar-refractivity contribution is 7.05. The van der Waals surface area contributed by atoms with E-state index in [-0.39, 0.29) is 5.69 Å². The largest absolute Gasteiger partial charge is 0.476 e. The number of carboxylic acids is 1. The fraction of sp³-hybridized carbons (Fsp3) is 0.636. The quantitative estimate of drug-likeness (QED) is 0.880. The Hall–Kier alpha value is -0.940. The molecule has 1 N–H and O–H groups in total. The summed E-state index contributed by atoms with van der Waals surface area (Å²) in [6.07, 6.45) is 5.15. The van der Waals surface area contributed by atoms with Crippen LogP contribution in [0, 0.1) is 0 Å². The normalized spacial score (nSPS) is 18.2. The van der Waals surface area contributed by atoms with E-state index < -0.39 is 5.97 Å². The van der Waals surface area contributed by atoms with E-state index in [1.807, 2.05) is 0 Å². The Morgan fingerprint density at radius 2 is 2.06 bits per heavy atom. The lowest BCUT2D eigenvalue weighted by Gasteiger charge is -2.17. The zero-order valence-electron chi connectivity index (χ0n) is 9.19. The van der Waals surface area contributed by atoms with Crippen molar-refractivity contribution in [1.82, 2.24) is 9.27 Å². The molecule has 0 spiro atoms. The maximum absolute atomic E-state index is 10.7. The molecule has 1 aromatic rings. The Morgan fingerprint density at radius 1 is 1.38 bits per heavy atom. The van der Waals surface area contributed by atoms with E-state index in [1.54, 1.807) is 6.07 Å². The molecule has 0 amide bonds. The van der Waals surface area contributed by atoms with Gasteiger partial charge in [0.15, 0.2) is 5.69 Å². The van der Waals surface area contributed by atoms with Gasteiger partial charge in [0.05, 0.1) is 0 Å². The van der Waals surface area contributed by atoms with Crippen LogP contribution in [-0.2, 0) is 6.54 Å². The molecule has 0 unspecified atom stereocenters. The fourth-order valence-corrected chi connectivity index (χ4v) is 2.75. The van der Waals surface area contributed by atoms with E-state index in [9.17, 15) is 4.79 Å². The minimum atomic E-state index is -0.932. The summed E-state index contributed by atoms with van der Waals surface area (Å²) in [5, 5.41) is 8.78. The van der Waals surface area contributed by atoms with E-state index in [2.05, 4.69) is 9.27 Å². The van der Waals surface area contributed by atoms with Gasteiger partial charge >= 0.3 is 5.97 Å². The number of aromatic nitrogens is 1. The molecule has 0 saturated carbocycles. The van der Waals surface area contributed by atoms with Crippen molar-refractivity contribution >= 4 is 17.5 Å². The lowest BCUT2D eigenvalue weighted by Crippen LogP contribution is -2.23. The Morgan fingerprint density at radius 3 is 2.62 bits per heavy atom. The van der Waals surface area contributed by atoms with E-state index in [1.165, 1.54) is 37.2 Å². The van der Waals surface area contributed by atoms with Crippen molar-refractivity contribution in [2.24, 2.45) is 0 Å². The highest BCUT2D eigenvalue weighted by Crippen LogP contribution is 2.16. The lowest BCUT2D eigenvalue weighted by molar-refractivity contribution is 0.0692. The molecule has 1 aromatic heterocycles. The predicted molar refractivity (Wildman–Crippen MR) is 62.8 cm³/mol. The predicted octanol–water partition coefficient (Wildman–Crippen LogP) is 2.22.